The lowest BCUT2D eigenvalue weighted by atomic mass is 9.94. The summed E-state index contributed by atoms with van der Waals surface area (Å²) in [6.45, 7) is 3.39. The molecule has 0 N–H and O–H groups in total. The summed E-state index contributed by atoms with van der Waals surface area (Å²) in [7, 11) is 1.55. The van der Waals surface area contributed by atoms with Crippen molar-refractivity contribution in [2.24, 2.45) is 0 Å². The second kappa shape index (κ2) is 9.31. The minimum absolute atomic E-state index is 0.0887. The largest absolute Gasteiger partial charge is 0.489 e. The topological polar surface area (TPSA) is 84.9 Å². The summed E-state index contributed by atoms with van der Waals surface area (Å²) in [4.78, 5) is 19.1. The Morgan fingerprint density at radius 2 is 1.77 bits per heavy atom. The lowest BCUT2D eigenvalue weighted by molar-refractivity contribution is -0.885. The molecule has 1 saturated heterocycles. The quantitative estimate of drug-likeness (QED) is 0.645. The molecular weight excluding hydrogens is 398 g/mol. The number of hydrogen-bond donors (Lipinski definition) is 0. The maximum Gasteiger partial charge on any atom is 0.410 e. The van der Waals surface area contributed by atoms with Gasteiger partial charge < -0.3 is 19.1 Å². The Morgan fingerprint density at radius 1 is 1.13 bits per heavy atom. The summed E-state index contributed by atoms with van der Waals surface area (Å²) < 4.78 is 19.5. The van der Waals surface area contributed by atoms with Crippen molar-refractivity contribution in [2.45, 2.75) is 82.2 Å². The lowest BCUT2D eigenvalue weighted by Gasteiger charge is -2.36. The molecule has 0 spiro atoms. The molecule has 4 rings (SSSR count). The average Bonchev–Trinajstić information content (AvgIpc) is 3.52. The Morgan fingerprint density at radius 3 is 2.39 bits per heavy atom. The highest BCUT2D eigenvalue weighted by molar-refractivity contribution is 5.68. The summed E-state index contributed by atoms with van der Waals surface area (Å²) in [5.41, 5.74) is 0.243. The number of hydrogen-bond acceptors (Lipinski definition) is 6. The van der Waals surface area contributed by atoms with Gasteiger partial charge in [0.2, 0.25) is 12.4 Å². The van der Waals surface area contributed by atoms with Crippen molar-refractivity contribution >= 4 is 6.09 Å². The number of carbonyl (C=O) groups is 1. The first-order chi connectivity index (χ1) is 15.0. The molecule has 2 heterocycles. The zero-order valence-corrected chi connectivity index (χ0v) is 18.4. The summed E-state index contributed by atoms with van der Waals surface area (Å²) in [6.07, 6.45) is 11.1. The Balaban J connectivity index is 1.18. The Bertz CT molecular complexity index is 819. The van der Waals surface area contributed by atoms with Gasteiger partial charge in [0.05, 0.1) is 24.4 Å². The molecule has 3 fully saturated rings. The zero-order valence-electron chi connectivity index (χ0n) is 18.4. The monoisotopic (exact) mass is 430 g/mol. The Kier molecular flexibility index (Phi) is 6.51. The van der Waals surface area contributed by atoms with Crippen molar-refractivity contribution in [3.63, 3.8) is 0 Å². The molecule has 0 unspecified atom stereocenters. The van der Waals surface area contributed by atoms with E-state index in [9.17, 15) is 10.1 Å². The molecule has 0 radical (unpaired) electrons. The fourth-order valence-corrected chi connectivity index (χ4v) is 4.23. The third kappa shape index (κ3) is 5.59. The van der Waals surface area contributed by atoms with Crippen molar-refractivity contribution in [1.29, 1.82) is 5.26 Å². The van der Waals surface area contributed by atoms with E-state index in [4.69, 9.17) is 19.0 Å². The van der Waals surface area contributed by atoms with E-state index in [1.54, 1.807) is 25.6 Å². The molecular formula is C23H32N3O5+. The van der Waals surface area contributed by atoms with Gasteiger partial charge in [-0.15, -0.1) is 0 Å². The number of piperidine rings is 1. The SMILES string of the molecule is CO[n+]1ccc(OC2CCC(OC3CCN(C(=O)OC4(C)CC4)CC3)CC2)c(C#N)c1. The standard InChI is InChI=1S/C23H32N3O5/c1-23(10-11-23)31-22(27)25-12-7-20(8-13-25)29-18-3-5-19(6-4-18)30-21-9-14-26(28-2)16-17(21)15-24/h9,14,16,18-20H,3-8,10-13H2,1-2H3/q+1. The first-order valence-corrected chi connectivity index (χ1v) is 11.3. The number of ether oxygens (including phenoxy) is 3. The van der Waals surface area contributed by atoms with Crippen LogP contribution < -0.4 is 14.3 Å². The minimum Gasteiger partial charge on any atom is -0.489 e. The molecule has 0 aromatic carbocycles. The smallest absolute Gasteiger partial charge is 0.410 e. The summed E-state index contributed by atoms with van der Waals surface area (Å²) in [6, 6.07) is 3.93. The van der Waals surface area contributed by atoms with E-state index in [-0.39, 0.29) is 30.0 Å². The van der Waals surface area contributed by atoms with Crippen LogP contribution in [0.3, 0.4) is 0 Å². The van der Waals surface area contributed by atoms with Crippen LogP contribution in [0.1, 0.15) is 63.9 Å². The minimum atomic E-state index is -0.218. The fraction of sp³-hybridized carbons (Fsp3) is 0.696. The molecule has 31 heavy (non-hydrogen) atoms. The molecule has 2 saturated carbocycles. The van der Waals surface area contributed by atoms with Gasteiger partial charge in [0.25, 0.3) is 0 Å². The lowest BCUT2D eigenvalue weighted by Crippen LogP contribution is -2.43. The van der Waals surface area contributed by atoms with E-state index >= 15 is 0 Å². The maximum absolute atomic E-state index is 12.2. The molecule has 2 aliphatic carbocycles. The number of carbonyl (C=O) groups excluding carboxylic acids is 1. The number of likely N-dealkylation sites (tertiary alicyclic amines) is 1. The normalized spacial score (nSPS) is 25.4. The van der Waals surface area contributed by atoms with Crippen molar-refractivity contribution < 1.29 is 28.6 Å². The first kappa shape index (κ1) is 21.7. The van der Waals surface area contributed by atoms with Gasteiger partial charge in [0.15, 0.2) is 5.56 Å². The highest BCUT2D eigenvalue weighted by Gasteiger charge is 2.43. The van der Waals surface area contributed by atoms with E-state index in [1.807, 2.05) is 11.8 Å². The number of nitrogens with zero attached hydrogens (tertiary/aromatic N) is 3. The molecule has 8 heteroatoms. The predicted molar refractivity (Wildman–Crippen MR) is 110 cm³/mol. The number of rotatable bonds is 6. The molecule has 1 amide bonds. The first-order valence-electron chi connectivity index (χ1n) is 11.3. The van der Waals surface area contributed by atoms with Crippen molar-refractivity contribution in [1.82, 2.24) is 4.90 Å². The molecule has 168 valence electrons. The Labute approximate surface area is 183 Å². The van der Waals surface area contributed by atoms with Crippen LogP contribution in [0, 0.1) is 11.3 Å². The third-order valence-electron chi connectivity index (χ3n) is 6.51. The van der Waals surface area contributed by atoms with Crippen LogP contribution in [0.5, 0.6) is 5.75 Å². The van der Waals surface area contributed by atoms with Gasteiger partial charge in [-0.2, -0.15) is 5.26 Å². The molecule has 8 nitrogen and oxygen atoms in total. The van der Waals surface area contributed by atoms with Crippen LogP contribution in [0.25, 0.3) is 0 Å². The van der Waals surface area contributed by atoms with Crippen molar-refractivity contribution in [2.75, 3.05) is 20.2 Å². The van der Waals surface area contributed by atoms with Crippen LogP contribution >= 0.6 is 0 Å². The van der Waals surface area contributed by atoms with Crippen molar-refractivity contribution in [3.05, 3.63) is 24.0 Å². The summed E-state index contributed by atoms with van der Waals surface area (Å²) in [5, 5.41) is 9.35. The highest BCUT2D eigenvalue weighted by Crippen LogP contribution is 2.39. The average molecular weight is 431 g/mol. The molecule has 1 aliphatic heterocycles. The maximum atomic E-state index is 12.2. The van der Waals surface area contributed by atoms with E-state index in [0.29, 0.717) is 24.4 Å². The third-order valence-corrected chi connectivity index (χ3v) is 6.51. The van der Waals surface area contributed by atoms with E-state index < -0.39 is 0 Å². The number of aromatic nitrogens is 1. The van der Waals surface area contributed by atoms with Crippen LogP contribution in [0.4, 0.5) is 4.79 Å². The second-order valence-electron chi connectivity index (χ2n) is 9.03. The van der Waals surface area contributed by atoms with Gasteiger partial charge >= 0.3 is 6.09 Å². The zero-order chi connectivity index (χ0) is 21.8. The number of nitriles is 1. The Hall–Kier alpha value is -2.53. The number of amides is 1. The van der Waals surface area contributed by atoms with Gasteiger partial charge in [-0.3, -0.25) is 4.84 Å². The van der Waals surface area contributed by atoms with E-state index in [2.05, 4.69) is 6.07 Å². The molecule has 1 aromatic heterocycles. The van der Waals surface area contributed by atoms with Gasteiger partial charge in [0.1, 0.15) is 24.5 Å². The van der Waals surface area contributed by atoms with Gasteiger partial charge in [-0.25, -0.2) is 4.79 Å². The van der Waals surface area contributed by atoms with Crippen LogP contribution in [-0.4, -0.2) is 55.1 Å². The predicted octanol–water partition coefficient (Wildman–Crippen LogP) is 2.76. The highest BCUT2D eigenvalue weighted by atomic mass is 16.6. The van der Waals surface area contributed by atoms with Crippen LogP contribution in [0.15, 0.2) is 18.5 Å². The van der Waals surface area contributed by atoms with Gasteiger partial charge in [-0.05, 0) is 58.3 Å². The van der Waals surface area contributed by atoms with Gasteiger partial charge in [-0.1, -0.05) is 0 Å². The fourth-order valence-electron chi connectivity index (χ4n) is 4.23. The van der Waals surface area contributed by atoms with E-state index in [1.165, 1.54) is 4.73 Å². The summed E-state index contributed by atoms with van der Waals surface area (Å²) in [5.74, 6) is 0.597. The molecule has 3 aliphatic rings. The molecule has 0 bridgehead atoms. The molecule has 1 aromatic rings. The number of pyridine rings is 1. The van der Waals surface area contributed by atoms with Gasteiger partial charge in [0, 0.05) is 17.8 Å². The van der Waals surface area contributed by atoms with Crippen molar-refractivity contribution in [3.8, 4) is 11.8 Å². The van der Waals surface area contributed by atoms with Crippen LogP contribution in [0.2, 0.25) is 0 Å². The summed E-state index contributed by atoms with van der Waals surface area (Å²) >= 11 is 0. The second-order valence-corrected chi connectivity index (χ2v) is 9.03. The van der Waals surface area contributed by atoms with Crippen LogP contribution in [-0.2, 0) is 9.47 Å². The molecule has 0 atom stereocenters. The van der Waals surface area contributed by atoms with E-state index in [0.717, 1.165) is 51.4 Å².